The average molecular weight is 275 g/mol. The third-order valence-corrected chi connectivity index (χ3v) is 2.53. The van der Waals surface area contributed by atoms with Crippen molar-refractivity contribution in [2.75, 3.05) is 0 Å². The molecular formula is C12H16BF4N2-. The predicted octanol–water partition coefficient (Wildman–Crippen LogP) is 4.53. The van der Waals surface area contributed by atoms with Gasteiger partial charge in [-0.25, -0.2) is 4.98 Å². The van der Waals surface area contributed by atoms with Crippen molar-refractivity contribution in [2.24, 2.45) is 0 Å². The lowest BCUT2D eigenvalue weighted by Crippen LogP contribution is -2.02. The zero-order valence-corrected chi connectivity index (χ0v) is 10.7. The minimum Gasteiger partial charge on any atom is -0.418 e. The zero-order chi connectivity index (χ0) is 14.3. The Hall–Kier alpha value is -1.53. The number of fused-ring (bicyclic) bond motifs is 1. The topological polar surface area (TPSA) is 17.8 Å². The lowest BCUT2D eigenvalue weighted by molar-refractivity contribution is 0.368. The van der Waals surface area contributed by atoms with Gasteiger partial charge < -0.3 is 21.8 Å². The van der Waals surface area contributed by atoms with Crippen LogP contribution < -0.4 is 0 Å². The first-order valence-corrected chi connectivity index (χ1v) is 6.19. The predicted molar refractivity (Wildman–Crippen MR) is 69.4 cm³/mol. The van der Waals surface area contributed by atoms with Crippen molar-refractivity contribution in [1.82, 2.24) is 9.55 Å². The first-order valence-electron chi connectivity index (χ1n) is 6.19. The lowest BCUT2D eigenvalue weighted by Gasteiger charge is -2.02. The van der Waals surface area contributed by atoms with Crippen LogP contribution in [0.25, 0.3) is 11.0 Å². The van der Waals surface area contributed by atoms with Crippen LogP contribution in [0.3, 0.4) is 0 Å². The molecule has 0 radical (unpaired) electrons. The molecule has 19 heavy (non-hydrogen) atoms. The van der Waals surface area contributed by atoms with Gasteiger partial charge in [-0.1, -0.05) is 31.9 Å². The van der Waals surface area contributed by atoms with E-state index in [4.69, 9.17) is 0 Å². The largest absolute Gasteiger partial charge is 0.673 e. The third kappa shape index (κ3) is 6.26. The van der Waals surface area contributed by atoms with E-state index in [2.05, 4.69) is 34.7 Å². The summed E-state index contributed by atoms with van der Waals surface area (Å²) in [4.78, 5) is 4.36. The van der Waals surface area contributed by atoms with Gasteiger partial charge in [-0.15, -0.1) is 0 Å². The summed E-state index contributed by atoms with van der Waals surface area (Å²) >= 11 is 0. The van der Waals surface area contributed by atoms with Crippen molar-refractivity contribution in [3.8, 4) is 0 Å². The highest BCUT2D eigenvalue weighted by atomic mass is 19.5. The molecule has 0 N–H and O–H groups in total. The molecule has 0 saturated heterocycles. The van der Waals surface area contributed by atoms with Gasteiger partial charge in [0, 0.05) is 6.54 Å². The maximum atomic E-state index is 9.75. The number of para-hydroxylation sites is 2. The van der Waals surface area contributed by atoms with Gasteiger partial charge in [-0.2, -0.15) is 0 Å². The number of aryl methyl sites for hydroxylation is 1. The molecule has 0 aliphatic rings. The van der Waals surface area contributed by atoms with Crippen LogP contribution in [0, 0.1) is 0 Å². The zero-order valence-electron chi connectivity index (χ0n) is 10.7. The Morgan fingerprint density at radius 2 is 1.74 bits per heavy atom. The number of hydrogen-bond donors (Lipinski definition) is 0. The Morgan fingerprint density at radius 3 is 2.37 bits per heavy atom. The maximum Gasteiger partial charge on any atom is 0.673 e. The van der Waals surface area contributed by atoms with E-state index in [0.717, 1.165) is 12.1 Å². The number of rotatable bonds is 4. The Balaban J connectivity index is 0.000000312. The minimum absolute atomic E-state index is 1.09. The molecule has 0 aliphatic carbocycles. The van der Waals surface area contributed by atoms with E-state index < -0.39 is 7.25 Å². The lowest BCUT2D eigenvalue weighted by atomic mass is 10.2. The Morgan fingerprint density at radius 1 is 1.11 bits per heavy atom. The molecule has 0 fully saturated rings. The fourth-order valence-electron chi connectivity index (χ4n) is 1.72. The monoisotopic (exact) mass is 275 g/mol. The number of hydrogen-bond acceptors (Lipinski definition) is 1. The SMILES string of the molecule is CCCCCn1cnc2ccccc21.F[B-](F)(F)F. The summed E-state index contributed by atoms with van der Waals surface area (Å²) in [5.74, 6) is 0. The molecule has 106 valence electrons. The molecule has 1 heterocycles. The Kier molecular flexibility index (Phi) is 5.85. The molecule has 0 spiro atoms. The van der Waals surface area contributed by atoms with Crippen LogP contribution in [-0.4, -0.2) is 16.8 Å². The number of unbranched alkanes of at least 4 members (excludes halogenated alkanes) is 2. The summed E-state index contributed by atoms with van der Waals surface area (Å²) in [5, 5.41) is 0. The van der Waals surface area contributed by atoms with Crippen molar-refractivity contribution >= 4 is 18.3 Å². The van der Waals surface area contributed by atoms with Crippen molar-refractivity contribution in [1.29, 1.82) is 0 Å². The molecule has 0 atom stereocenters. The highest BCUT2D eigenvalue weighted by Gasteiger charge is 2.20. The van der Waals surface area contributed by atoms with Crippen LogP contribution in [-0.2, 0) is 6.54 Å². The Bertz CT molecular complexity index is 490. The van der Waals surface area contributed by atoms with E-state index in [1.165, 1.54) is 24.8 Å². The summed E-state index contributed by atoms with van der Waals surface area (Å²) in [6.07, 6.45) is 5.76. The summed E-state index contributed by atoms with van der Waals surface area (Å²) in [6, 6.07) is 8.30. The van der Waals surface area contributed by atoms with Gasteiger partial charge in [-0.05, 0) is 18.6 Å². The highest BCUT2D eigenvalue weighted by molar-refractivity contribution is 6.50. The van der Waals surface area contributed by atoms with Gasteiger partial charge in [0.05, 0.1) is 17.4 Å². The molecule has 2 rings (SSSR count). The van der Waals surface area contributed by atoms with E-state index in [9.17, 15) is 17.3 Å². The molecule has 2 nitrogen and oxygen atoms in total. The van der Waals surface area contributed by atoms with E-state index in [1.54, 1.807) is 0 Å². The van der Waals surface area contributed by atoms with Gasteiger partial charge in [0.1, 0.15) is 0 Å². The summed E-state index contributed by atoms with van der Waals surface area (Å²) in [7, 11) is -6.00. The molecule has 0 saturated carbocycles. The van der Waals surface area contributed by atoms with Crippen molar-refractivity contribution < 1.29 is 17.3 Å². The molecule has 0 aliphatic heterocycles. The number of benzene rings is 1. The molecule has 0 bridgehead atoms. The van der Waals surface area contributed by atoms with Crippen molar-refractivity contribution in [3.05, 3.63) is 30.6 Å². The standard InChI is InChI=1S/C12H16N2.BF4/c1-2-3-6-9-14-10-13-11-7-4-5-8-12(11)14;2-1(3,4)5/h4-5,7-8,10H,2-3,6,9H2,1H3;/q;-1. The molecule has 7 heteroatoms. The smallest absolute Gasteiger partial charge is 0.418 e. The van der Waals surface area contributed by atoms with Crippen LogP contribution in [0.15, 0.2) is 30.6 Å². The second-order valence-corrected chi connectivity index (χ2v) is 4.13. The fraction of sp³-hybridized carbons (Fsp3) is 0.417. The number of aromatic nitrogens is 2. The van der Waals surface area contributed by atoms with Gasteiger partial charge in [-0.3, -0.25) is 0 Å². The first kappa shape index (κ1) is 15.5. The first-order chi connectivity index (χ1) is 8.92. The summed E-state index contributed by atoms with van der Waals surface area (Å²) < 4.78 is 41.2. The molecular weight excluding hydrogens is 259 g/mol. The second kappa shape index (κ2) is 7.16. The van der Waals surface area contributed by atoms with Gasteiger partial charge in [0.15, 0.2) is 0 Å². The molecule has 0 amide bonds. The summed E-state index contributed by atoms with van der Waals surface area (Å²) in [5.41, 5.74) is 2.35. The second-order valence-electron chi connectivity index (χ2n) is 4.13. The van der Waals surface area contributed by atoms with E-state index in [-0.39, 0.29) is 0 Å². The summed E-state index contributed by atoms with van der Waals surface area (Å²) in [6.45, 7) is 3.32. The minimum atomic E-state index is -6.00. The molecule has 2 aromatic rings. The van der Waals surface area contributed by atoms with E-state index in [0.29, 0.717) is 0 Å². The average Bonchev–Trinajstić information content (AvgIpc) is 2.71. The maximum absolute atomic E-state index is 9.75. The molecule has 0 unspecified atom stereocenters. The van der Waals surface area contributed by atoms with Gasteiger partial charge in [0.2, 0.25) is 0 Å². The molecule has 1 aromatic heterocycles. The number of halogens is 4. The van der Waals surface area contributed by atoms with Crippen molar-refractivity contribution in [3.63, 3.8) is 0 Å². The number of nitrogens with zero attached hydrogens (tertiary/aromatic N) is 2. The third-order valence-electron chi connectivity index (χ3n) is 2.53. The van der Waals surface area contributed by atoms with E-state index in [1.807, 2.05) is 12.4 Å². The van der Waals surface area contributed by atoms with Crippen LogP contribution >= 0.6 is 0 Å². The highest BCUT2D eigenvalue weighted by Crippen LogP contribution is 2.12. The van der Waals surface area contributed by atoms with Crippen LogP contribution in [0.2, 0.25) is 0 Å². The number of imidazole rings is 1. The normalized spacial score (nSPS) is 11.2. The Labute approximate surface area is 109 Å². The van der Waals surface area contributed by atoms with Gasteiger partial charge in [0.25, 0.3) is 0 Å². The van der Waals surface area contributed by atoms with Crippen LogP contribution in [0.4, 0.5) is 17.3 Å². The van der Waals surface area contributed by atoms with Gasteiger partial charge >= 0.3 is 7.25 Å². The molecule has 1 aromatic carbocycles. The van der Waals surface area contributed by atoms with Crippen molar-refractivity contribution in [2.45, 2.75) is 32.7 Å². The fourth-order valence-corrected chi connectivity index (χ4v) is 1.72. The van der Waals surface area contributed by atoms with Crippen LogP contribution in [0.1, 0.15) is 26.2 Å². The van der Waals surface area contributed by atoms with E-state index >= 15 is 0 Å². The quantitative estimate of drug-likeness (QED) is 0.455. The van der Waals surface area contributed by atoms with Crippen LogP contribution in [0.5, 0.6) is 0 Å².